The predicted octanol–water partition coefficient (Wildman–Crippen LogP) is 9.00. The minimum Gasteiger partial charge on any atom is -0.0622 e. The summed E-state index contributed by atoms with van der Waals surface area (Å²) in [6, 6.07) is 95.8. The average molecular weight is 837 g/mol. The van der Waals surface area contributed by atoms with Crippen molar-refractivity contribution in [2.75, 3.05) is 0 Å². The second-order valence-electron chi connectivity index (χ2n) is 13.9. The van der Waals surface area contributed by atoms with Crippen molar-refractivity contribution in [1.82, 2.24) is 0 Å². The lowest BCUT2D eigenvalue weighted by atomic mass is 10.2. The molecule has 9 rings (SSSR count). The maximum Gasteiger partial charge on any atom is 0.0513 e. The van der Waals surface area contributed by atoms with E-state index in [1.807, 2.05) is 0 Å². The van der Waals surface area contributed by atoms with Crippen LogP contribution in [0, 0.1) is 23.7 Å². The highest BCUT2D eigenvalue weighted by Gasteiger charge is 2.32. The molecule has 0 N–H and O–H groups in total. The summed E-state index contributed by atoms with van der Waals surface area (Å²) in [6.07, 6.45) is 0. The van der Waals surface area contributed by atoms with Gasteiger partial charge in [0.15, 0.2) is 0 Å². The van der Waals surface area contributed by atoms with Crippen LogP contribution in [0.1, 0.15) is 5.56 Å². The van der Waals surface area contributed by atoms with Crippen LogP contribution in [0.25, 0.3) is 0 Å². The molecule has 60 heavy (non-hydrogen) atoms. The van der Waals surface area contributed by atoms with Crippen LogP contribution in [0.2, 0.25) is 0 Å². The minimum absolute atomic E-state index is 1.03. The molecule has 9 aromatic rings. The lowest BCUT2D eigenvalue weighted by Gasteiger charge is -2.29. The van der Waals surface area contributed by atoms with Gasteiger partial charge in [-0.25, -0.2) is 0 Å². The largest absolute Gasteiger partial charge is 0.0622 e. The summed E-state index contributed by atoms with van der Waals surface area (Å²) in [5, 5.41) is 13.6. The monoisotopic (exact) mass is 836 g/mol. The van der Waals surface area contributed by atoms with Crippen molar-refractivity contribution in [3.8, 4) is 11.6 Å². The number of hydrogen-bond donors (Lipinski definition) is 0. The van der Waals surface area contributed by atoms with E-state index in [2.05, 4.69) is 266 Å². The first kappa shape index (κ1) is 39.5. The van der Waals surface area contributed by atoms with Crippen molar-refractivity contribution in [3.63, 3.8) is 0 Å². The third kappa shape index (κ3) is 8.83. The van der Waals surface area contributed by atoms with E-state index in [1.54, 1.807) is 0 Å². The van der Waals surface area contributed by atoms with E-state index in [0.29, 0.717) is 0 Å². The fraction of sp³-hybridized carbons (Fsp3) is 0. The molecule has 0 aromatic heterocycles. The van der Waals surface area contributed by atoms with Gasteiger partial charge in [0.1, 0.15) is 0 Å². The van der Waals surface area contributed by atoms with Crippen LogP contribution in [0.4, 0.5) is 0 Å². The first-order valence-electron chi connectivity index (χ1n) is 20.0. The molecule has 0 amide bonds. The first-order valence-corrected chi connectivity index (χ1v) is 25.3. The Bertz CT molecular complexity index is 2640. The van der Waals surface area contributed by atoms with Gasteiger partial charge < -0.3 is 0 Å². The van der Waals surface area contributed by atoms with Crippen molar-refractivity contribution in [2.45, 2.75) is 0 Å². The van der Waals surface area contributed by atoms with Gasteiger partial charge in [0.25, 0.3) is 0 Å². The summed E-state index contributed by atoms with van der Waals surface area (Å²) in [7, 11) is -4.34. The average Bonchev–Trinajstić information content (AvgIpc) is 3.33. The van der Waals surface area contributed by atoms with Crippen LogP contribution in [-0.2, 0) is 0 Å². The molecule has 284 valence electrons. The molecule has 0 spiro atoms. The zero-order valence-electron chi connectivity index (χ0n) is 32.9. The van der Waals surface area contributed by atoms with E-state index in [0.717, 1.165) is 10.9 Å². The van der Waals surface area contributed by atoms with E-state index >= 15 is 0 Å². The lowest BCUT2D eigenvalue weighted by Crippen LogP contribution is -2.39. The van der Waals surface area contributed by atoms with Crippen LogP contribution in [0.3, 0.4) is 0 Å². The van der Waals surface area contributed by atoms with Crippen LogP contribution in [0.5, 0.6) is 0 Å². The van der Waals surface area contributed by atoms with E-state index in [-0.39, 0.29) is 0 Å². The summed E-state index contributed by atoms with van der Waals surface area (Å²) < 4.78 is 0. The highest BCUT2D eigenvalue weighted by molar-refractivity contribution is 7.86. The number of hydrogen-bond acceptors (Lipinski definition) is 0. The summed E-state index contributed by atoms with van der Waals surface area (Å²) in [5.41, 5.74) is 5.09. The second-order valence-corrected chi connectivity index (χ2v) is 22.3. The third-order valence-electron chi connectivity index (χ3n) is 10.1. The molecule has 0 bridgehead atoms. The van der Waals surface area contributed by atoms with Crippen molar-refractivity contribution in [3.05, 3.63) is 260 Å². The predicted molar refractivity (Wildman–Crippen MR) is 266 cm³/mol. The second kappa shape index (κ2) is 19.4. The molecular formula is C56H40P4. The van der Waals surface area contributed by atoms with Crippen LogP contribution in [0.15, 0.2) is 243 Å². The Kier molecular flexibility index (Phi) is 12.8. The fourth-order valence-electron chi connectivity index (χ4n) is 7.36. The first-order chi connectivity index (χ1) is 29.8. The van der Waals surface area contributed by atoms with Crippen molar-refractivity contribution in [1.29, 1.82) is 0 Å². The Balaban J connectivity index is 1.44. The Morgan fingerprint density at radius 2 is 0.517 bits per heavy atom. The topological polar surface area (TPSA) is 0 Å². The highest BCUT2D eigenvalue weighted by atomic mass is 31.1. The molecule has 0 unspecified atom stereocenters. The fourth-order valence-corrected chi connectivity index (χ4v) is 16.7. The van der Waals surface area contributed by atoms with E-state index < -0.39 is 31.7 Å². The van der Waals surface area contributed by atoms with Gasteiger partial charge in [-0.05, 0) is 66.2 Å². The lowest BCUT2D eigenvalue weighted by molar-refractivity contribution is 1.74. The van der Waals surface area contributed by atoms with Gasteiger partial charge in [-0.2, -0.15) is 0 Å². The van der Waals surface area contributed by atoms with Crippen LogP contribution < -0.4 is 58.3 Å². The summed E-state index contributed by atoms with van der Waals surface area (Å²) >= 11 is 0. The Morgan fingerprint density at radius 3 is 0.833 bits per heavy atom. The smallest absolute Gasteiger partial charge is 0.0513 e. The van der Waals surface area contributed by atoms with Crippen LogP contribution in [-0.4, -0.2) is 0 Å². The third-order valence-corrected chi connectivity index (χ3v) is 19.6. The molecule has 0 aliphatic heterocycles. The van der Waals surface area contributed by atoms with Gasteiger partial charge in [0.05, 0.1) is 10.9 Å². The molecule has 0 saturated heterocycles. The van der Waals surface area contributed by atoms with E-state index in [4.69, 9.17) is 0 Å². The SMILES string of the molecule is C(#CP(c1ccccc1)c1ccccc1)c1c(P(c2ccccc2)c2ccccc2)c#cc(P(c2ccccc2)c2ccccc2)c1P(c1ccccc1)c1ccccc1. The summed E-state index contributed by atoms with van der Waals surface area (Å²) in [6.45, 7) is 0. The van der Waals surface area contributed by atoms with Gasteiger partial charge in [-0.15, -0.1) is 0 Å². The standard InChI is InChI=1S/C56H40P4/c1-9-25-45(26-10-1)57(46-27-11-2-12-28-46)44-43-53-54(58(47-29-13-3-14-30-47)48-31-15-4-16-32-48)41-42-55(59(49-33-17-5-18-34-49)50-35-19-6-20-36-50)56(53)60(51-37-21-7-22-38-51)52-39-23-8-24-40-52/h1-40H. The molecule has 0 atom stereocenters. The zero-order chi connectivity index (χ0) is 40.4. The minimum atomic E-state index is -1.14. The molecule has 0 saturated carbocycles. The Hall–Kier alpha value is -5.92. The quantitative estimate of drug-likeness (QED) is 0.0903. The molecule has 0 radical (unpaired) electrons. The van der Waals surface area contributed by atoms with Gasteiger partial charge >= 0.3 is 0 Å². The summed E-state index contributed by atoms with van der Waals surface area (Å²) in [4.78, 5) is 0. The molecular weight excluding hydrogens is 797 g/mol. The molecule has 0 aliphatic carbocycles. The molecule has 0 nitrogen and oxygen atoms in total. The molecule has 0 fully saturated rings. The molecule has 4 heteroatoms. The van der Waals surface area contributed by atoms with Crippen LogP contribution >= 0.6 is 31.7 Å². The number of benzene rings is 8. The zero-order valence-corrected chi connectivity index (χ0v) is 36.5. The van der Waals surface area contributed by atoms with Gasteiger partial charge in [-0.1, -0.05) is 266 Å². The summed E-state index contributed by atoms with van der Waals surface area (Å²) in [5.74, 6) is 4.09. The Morgan fingerprint density at radius 1 is 0.267 bits per heavy atom. The highest BCUT2D eigenvalue weighted by Crippen LogP contribution is 2.42. The van der Waals surface area contributed by atoms with Gasteiger partial charge in [0.2, 0.25) is 0 Å². The van der Waals surface area contributed by atoms with Crippen molar-refractivity contribution in [2.24, 2.45) is 0 Å². The molecule has 0 heterocycles. The molecule has 9 aromatic carbocycles. The van der Waals surface area contributed by atoms with E-state index in [9.17, 15) is 0 Å². The normalized spacial score (nSPS) is 11.0. The van der Waals surface area contributed by atoms with Gasteiger partial charge in [0, 0.05) is 18.5 Å². The molecule has 0 aliphatic rings. The van der Waals surface area contributed by atoms with Gasteiger partial charge in [-0.3, -0.25) is 0 Å². The maximum absolute atomic E-state index is 4.09. The van der Waals surface area contributed by atoms with Crippen molar-refractivity contribution < 1.29 is 0 Å². The maximum atomic E-state index is 4.09. The Labute approximate surface area is 360 Å². The number of rotatable bonds is 11. The van der Waals surface area contributed by atoms with Crippen molar-refractivity contribution >= 4 is 90.0 Å². The van der Waals surface area contributed by atoms with E-state index in [1.165, 1.54) is 53.0 Å².